The molecule has 0 aliphatic carbocycles. The normalized spacial score (nSPS) is 11.8. The smallest absolute Gasteiger partial charge is 0.252 e. The van der Waals surface area contributed by atoms with Gasteiger partial charge in [-0.1, -0.05) is 41.4 Å². The predicted molar refractivity (Wildman–Crippen MR) is 114 cm³/mol. The molecule has 9 heteroatoms. The molecule has 0 amide bonds. The molecule has 0 bridgehead atoms. The van der Waals surface area contributed by atoms with Gasteiger partial charge >= 0.3 is 0 Å². The number of ether oxygens (including phenoxy) is 1. The summed E-state index contributed by atoms with van der Waals surface area (Å²) in [6.07, 6.45) is 2.17. The molecule has 0 saturated carbocycles. The largest absolute Gasteiger partial charge is 0.476 e. The van der Waals surface area contributed by atoms with E-state index in [0.717, 1.165) is 13.0 Å². The van der Waals surface area contributed by atoms with Crippen LogP contribution < -0.4 is 4.74 Å². The molecule has 0 aliphatic rings. The lowest BCUT2D eigenvalue weighted by Crippen LogP contribution is -2.16. The molecule has 29 heavy (non-hydrogen) atoms. The van der Waals surface area contributed by atoms with Gasteiger partial charge in [0.05, 0.1) is 28.4 Å². The summed E-state index contributed by atoms with van der Waals surface area (Å²) in [4.78, 5) is 1.93. The lowest BCUT2D eigenvalue weighted by molar-refractivity contribution is 0.266. The van der Waals surface area contributed by atoms with Crippen LogP contribution in [0.1, 0.15) is 6.42 Å². The van der Waals surface area contributed by atoms with Crippen molar-refractivity contribution in [3.63, 3.8) is 0 Å². The van der Waals surface area contributed by atoms with Crippen LogP contribution in [0.3, 0.4) is 0 Å². The molecule has 0 aliphatic heterocycles. The van der Waals surface area contributed by atoms with Crippen LogP contribution in [0, 0.1) is 0 Å². The second-order valence-electron chi connectivity index (χ2n) is 6.66. The van der Waals surface area contributed by atoms with Crippen LogP contribution in [0.4, 0.5) is 0 Å². The molecule has 0 spiro atoms. The number of sulfone groups is 1. The molecule has 154 valence electrons. The van der Waals surface area contributed by atoms with E-state index >= 15 is 0 Å². The molecule has 2 aromatic carbocycles. The number of hydrogen-bond donors (Lipinski definition) is 0. The first-order valence-corrected chi connectivity index (χ1v) is 11.2. The van der Waals surface area contributed by atoms with Gasteiger partial charge in [-0.15, -0.1) is 5.10 Å². The molecule has 0 atom stereocenters. The number of hydrogen-bond acceptors (Lipinski definition) is 5. The summed E-state index contributed by atoms with van der Waals surface area (Å²) in [6.45, 7) is 1.14. The Morgan fingerprint density at radius 1 is 1.07 bits per heavy atom. The van der Waals surface area contributed by atoms with Gasteiger partial charge < -0.3 is 9.64 Å². The van der Waals surface area contributed by atoms with Crippen LogP contribution >= 0.6 is 23.2 Å². The van der Waals surface area contributed by atoms with Gasteiger partial charge in [-0.3, -0.25) is 0 Å². The second-order valence-corrected chi connectivity index (χ2v) is 9.39. The summed E-state index contributed by atoms with van der Waals surface area (Å²) in [5.41, 5.74) is 0.717. The maximum Gasteiger partial charge on any atom is 0.252 e. The van der Waals surface area contributed by atoms with Crippen LogP contribution in [0.15, 0.2) is 64.5 Å². The lowest BCUT2D eigenvalue weighted by atomic mass is 10.3. The van der Waals surface area contributed by atoms with Crippen molar-refractivity contribution in [2.75, 3.05) is 27.2 Å². The number of para-hydroxylation sites is 1. The van der Waals surface area contributed by atoms with E-state index in [9.17, 15) is 8.42 Å². The maximum atomic E-state index is 13.3. The van der Waals surface area contributed by atoms with E-state index in [0.29, 0.717) is 17.3 Å². The standard InChI is InChI=1S/C20H21Cl2N3O3S/c1-24(2)11-6-12-28-20-19(14-25(23-20)16-7-4-3-5-8-16)29(26,27)18-10-9-15(21)13-17(18)22/h3-5,7-10,13-14H,6,11-12H2,1-2H3. The molecule has 3 aromatic rings. The van der Waals surface area contributed by atoms with Gasteiger partial charge in [0.1, 0.15) is 0 Å². The Labute approximate surface area is 180 Å². The van der Waals surface area contributed by atoms with Crippen molar-refractivity contribution in [3.8, 4) is 11.6 Å². The van der Waals surface area contributed by atoms with Crippen LogP contribution in [-0.4, -0.2) is 50.3 Å². The highest BCUT2D eigenvalue weighted by Gasteiger charge is 2.28. The summed E-state index contributed by atoms with van der Waals surface area (Å²) in [5.74, 6) is 0.0404. The zero-order chi connectivity index (χ0) is 21.0. The van der Waals surface area contributed by atoms with E-state index in [2.05, 4.69) is 5.10 Å². The predicted octanol–water partition coefficient (Wildman–Crippen LogP) is 4.34. The summed E-state index contributed by atoms with van der Waals surface area (Å²) in [7, 11) is -0.0453. The Bertz CT molecular complexity index is 1080. The minimum atomic E-state index is -3.97. The van der Waals surface area contributed by atoms with E-state index in [1.165, 1.54) is 29.1 Å². The maximum absolute atomic E-state index is 13.3. The SMILES string of the molecule is CN(C)CCCOc1nn(-c2ccccc2)cc1S(=O)(=O)c1ccc(Cl)cc1Cl. The number of nitrogens with zero attached hydrogens (tertiary/aromatic N) is 3. The first-order chi connectivity index (χ1) is 13.8. The number of benzene rings is 2. The quantitative estimate of drug-likeness (QED) is 0.474. The third kappa shape index (κ3) is 5.11. The molecule has 0 unspecified atom stereocenters. The summed E-state index contributed by atoms with van der Waals surface area (Å²) in [6, 6.07) is 13.5. The van der Waals surface area contributed by atoms with Gasteiger partial charge in [-0.2, -0.15) is 0 Å². The number of rotatable bonds is 8. The molecular weight excluding hydrogens is 433 g/mol. The Morgan fingerprint density at radius 3 is 2.45 bits per heavy atom. The van der Waals surface area contributed by atoms with Gasteiger partial charge in [0, 0.05) is 11.6 Å². The van der Waals surface area contributed by atoms with Gasteiger partial charge in [-0.05, 0) is 50.8 Å². The van der Waals surface area contributed by atoms with Crippen molar-refractivity contribution in [3.05, 3.63) is 64.8 Å². The minimum absolute atomic E-state index is 0.0404. The van der Waals surface area contributed by atoms with Crippen molar-refractivity contribution in [2.45, 2.75) is 16.2 Å². The number of halogens is 2. The molecule has 0 radical (unpaired) electrons. The Kier molecular flexibility index (Phi) is 6.85. The molecular formula is C20H21Cl2N3O3S. The molecule has 0 fully saturated rings. The van der Waals surface area contributed by atoms with E-state index in [1.807, 2.05) is 49.3 Å². The topological polar surface area (TPSA) is 64.4 Å². The third-order valence-electron chi connectivity index (χ3n) is 4.13. The number of aromatic nitrogens is 2. The average molecular weight is 454 g/mol. The molecule has 0 saturated heterocycles. The van der Waals surface area contributed by atoms with Crippen LogP contribution in [0.25, 0.3) is 5.69 Å². The van der Waals surface area contributed by atoms with Gasteiger partial charge in [0.2, 0.25) is 9.84 Å². The summed E-state index contributed by atoms with van der Waals surface area (Å²) < 4.78 is 33.8. The second kappa shape index (κ2) is 9.17. The summed E-state index contributed by atoms with van der Waals surface area (Å²) in [5, 5.41) is 4.77. The zero-order valence-corrected chi connectivity index (χ0v) is 18.4. The summed E-state index contributed by atoms with van der Waals surface area (Å²) >= 11 is 12.1. The van der Waals surface area contributed by atoms with Crippen molar-refractivity contribution >= 4 is 33.0 Å². The average Bonchev–Trinajstić information content (AvgIpc) is 3.10. The minimum Gasteiger partial charge on any atom is -0.476 e. The third-order valence-corrected chi connectivity index (χ3v) is 6.58. The molecule has 1 aromatic heterocycles. The Morgan fingerprint density at radius 2 is 1.79 bits per heavy atom. The fraction of sp³-hybridized carbons (Fsp3) is 0.250. The highest BCUT2D eigenvalue weighted by molar-refractivity contribution is 7.91. The van der Waals surface area contributed by atoms with Gasteiger partial charge in [0.15, 0.2) is 4.90 Å². The first kappa shape index (κ1) is 21.6. The van der Waals surface area contributed by atoms with Crippen LogP contribution in [0.2, 0.25) is 10.0 Å². The fourth-order valence-electron chi connectivity index (χ4n) is 2.70. The molecule has 0 N–H and O–H groups in total. The highest BCUT2D eigenvalue weighted by atomic mass is 35.5. The highest BCUT2D eigenvalue weighted by Crippen LogP contribution is 2.34. The van der Waals surface area contributed by atoms with E-state index in [1.54, 1.807) is 0 Å². The zero-order valence-electron chi connectivity index (χ0n) is 16.0. The lowest BCUT2D eigenvalue weighted by Gasteiger charge is -2.10. The van der Waals surface area contributed by atoms with Crippen LogP contribution in [-0.2, 0) is 9.84 Å². The van der Waals surface area contributed by atoms with Crippen molar-refractivity contribution in [1.29, 1.82) is 0 Å². The van der Waals surface area contributed by atoms with Gasteiger partial charge in [0.25, 0.3) is 5.88 Å². The van der Waals surface area contributed by atoms with Crippen molar-refractivity contribution in [1.82, 2.24) is 14.7 Å². The Hall–Kier alpha value is -2.06. The van der Waals surface area contributed by atoms with E-state index in [4.69, 9.17) is 27.9 Å². The molecule has 1 heterocycles. The fourth-order valence-corrected chi connectivity index (χ4v) is 4.78. The van der Waals surface area contributed by atoms with Gasteiger partial charge in [-0.25, -0.2) is 13.1 Å². The Balaban J connectivity index is 2.01. The molecule has 6 nitrogen and oxygen atoms in total. The first-order valence-electron chi connectivity index (χ1n) is 8.92. The monoisotopic (exact) mass is 453 g/mol. The molecule has 3 rings (SSSR count). The van der Waals surface area contributed by atoms with E-state index in [-0.39, 0.29) is 20.7 Å². The van der Waals surface area contributed by atoms with Crippen molar-refractivity contribution in [2.24, 2.45) is 0 Å². The van der Waals surface area contributed by atoms with Crippen LogP contribution in [0.5, 0.6) is 5.88 Å². The van der Waals surface area contributed by atoms with E-state index < -0.39 is 9.84 Å². The van der Waals surface area contributed by atoms with Crippen molar-refractivity contribution < 1.29 is 13.2 Å².